The Kier molecular flexibility index (Phi) is 17.7. The van der Waals surface area contributed by atoms with Gasteiger partial charge in [-0.3, -0.25) is 9.59 Å². The van der Waals surface area contributed by atoms with E-state index in [0.29, 0.717) is 29.2 Å². The molecule has 0 bridgehead atoms. The molecule has 3 amide bonds. The monoisotopic (exact) mass is 962 g/mol. The molecule has 364 valence electrons. The Balaban J connectivity index is 0.000000256. The summed E-state index contributed by atoms with van der Waals surface area (Å²) in [5, 5.41) is 3.08. The second kappa shape index (κ2) is 22.8. The summed E-state index contributed by atoms with van der Waals surface area (Å²) in [6.45, 7) is 5.81. The number of hydrogen-bond acceptors (Lipinski definition) is 11. The fourth-order valence-corrected chi connectivity index (χ4v) is 10.2. The molecule has 6 rings (SSSR count). The molecule has 2 aliphatic rings. The topological polar surface area (TPSA) is 179 Å². The van der Waals surface area contributed by atoms with Crippen LogP contribution in [0.15, 0.2) is 95.0 Å². The Bertz CT molecular complexity index is 2670. The second-order valence-electron chi connectivity index (χ2n) is 18.0. The Morgan fingerprint density at radius 2 is 1.10 bits per heavy atom. The summed E-state index contributed by atoms with van der Waals surface area (Å²) in [6.07, 6.45) is 14.7. The van der Waals surface area contributed by atoms with Gasteiger partial charge in [0.25, 0.3) is 31.9 Å². The first-order valence-electron chi connectivity index (χ1n) is 22.4. The van der Waals surface area contributed by atoms with Crippen LogP contribution in [0.5, 0.6) is 11.5 Å². The molecule has 0 saturated carbocycles. The largest absolute Gasteiger partial charge is 0.484 e. The number of aromatic nitrogens is 2. The summed E-state index contributed by atoms with van der Waals surface area (Å²) in [6, 6.07) is 16.2. The maximum absolute atomic E-state index is 13.8. The van der Waals surface area contributed by atoms with Gasteiger partial charge in [0.2, 0.25) is 0 Å². The van der Waals surface area contributed by atoms with Crippen molar-refractivity contribution in [2.24, 2.45) is 0 Å². The van der Waals surface area contributed by atoms with Gasteiger partial charge >= 0.3 is 6.09 Å². The molecule has 16 nitrogen and oxygen atoms in total. The number of allylic oxidation sites excluding steroid dienone is 4. The van der Waals surface area contributed by atoms with E-state index in [1.165, 1.54) is 40.8 Å². The highest BCUT2D eigenvalue weighted by atomic mass is 32.2. The van der Waals surface area contributed by atoms with Gasteiger partial charge in [-0.1, -0.05) is 24.3 Å². The lowest BCUT2D eigenvalue weighted by atomic mass is 9.97. The van der Waals surface area contributed by atoms with Crippen LogP contribution in [0.2, 0.25) is 0 Å². The van der Waals surface area contributed by atoms with Crippen LogP contribution in [0.25, 0.3) is 11.1 Å². The molecule has 0 aliphatic heterocycles. The van der Waals surface area contributed by atoms with Crippen molar-refractivity contribution in [2.75, 3.05) is 55.5 Å². The van der Waals surface area contributed by atoms with E-state index in [1.807, 2.05) is 19.2 Å². The van der Waals surface area contributed by atoms with E-state index in [0.717, 1.165) is 68.1 Å². The quantitative estimate of drug-likeness (QED) is 0.118. The lowest BCUT2D eigenvalue weighted by Crippen LogP contribution is -2.33. The molecule has 4 aromatic rings. The number of rotatable bonds is 16. The molecule has 2 aliphatic carbocycles. The molecule has 0 radical (unpaired) electrons. The molecule has 18 heteroatoms. The van der Waals surface area contributed by atoms with Gasteiger partial charge in [0.05, 0.1) is 27.7 Å². The highest BCUT2D eigenvalue weighted by Crippen LogP contribution is 2.33. The van der Waals surface area contributed by atoms with E-state index in [9.17, 15) is 31.2 Å². The molecule has 0 fully saturated rings. The van der Waals surface area contributed by atoms with Crippen molar-refractivity contribution in [2.45, 2.75) is 101 Å². The third-order valence-corrected chi connectivity index (χ3v) is 14.2. The van der Waals surface area contributed by atoms with Crippen LogP contribution in [0.4, 0.5) is 4.79 Å². The number of nitrogens with zero attached hydrogens (tertiary/aromatic N) is 5. The molecule has 0 spiro atoms. The average molecular weight is 963 g/mol. The van der Waals surface area contributed by atoms with E-state index in [-0.39, 0.29) is 47.1 Å². The number of ether oxygens (including phenoxy) is 3. The summed E-state index contributed by atoms with van der Waals surface area (Å²) >= 11 is 0. The molecular weight excluding hydrogens is 897 g/mol. The van der Waals surface area contributed by atoms with E-state index >= 15 is 0 Å². The summed E-state index contributed by atoms with van der Waals surface area (Å²) in [4.78, 5) is 40.6. The average Bonchev–Trinajstić information content (AvgIpc) is 3.94. The van der Waals surface area contributed by atoms with Crippen molar-refractivity contribution in [1.82, 2.24) is 28.0 Å². The lowest BCUT2D eigenvalue weighted by Gasteiger charge is -2.24. The Labute approximate surface area is 396 Å². The number of likely N-dealkylation sites (N-methyl/N-ethyl adjacent to an activating group) is 2. The van der Waals surface area contributed by atoms with Gasteiger partial charge < -0.3 is 34.2 Å². The van der Waals surface area contributed by atoms with E-state index in [1.54, 1.807) is 98.7 Å². The molecule has 67 heavy (non-hydrogen) atoms. The van der Waals surface area contributed by atoms with Gasteiger partial charge in [0, 0.05) is 66.3 Å². The molecule has 2 aromatic carbocycles. The number of carbonyl (C=O) groups is 3. The summed E-state index contributed by atoms with van der Waals surface area (Å²) in [5.74, 6) is 0.194. The zero-order valence-electron chi connectivity index (χ0n) is 40.2. The minimum atomic E-state index is -3.99. The molecule has 0 saturated heterocycles. The smallest absolute Gasteiger partial charge is 0.410 e. The van der Waals surface area contributed by atoms with Crippen LogP contribution in [0.1, 0.15) is 94.7 Å². The van der Waals surface area contributed by atoms with Gasteiger partial charge in [-0.15, -0.1) is 0 Å². The van der Waals surface area contributed by atoms with Crippen molar-refractivity contribution < 1.29 is 45.4 Å². The van der Waals surface area contributed by atoms with Crippen molar-refractivity contribution in [3.63, 3.8) is 0 Å². The maximum Gasteiger partial charge on any atom is 0.410 e. The summed E-state index contributed by atoms with van der Waals surface area (Å²) < 4.78 is 73.8. The third-order valence-electron chi connectivity index (χ3n) is 10.9. The summed E-state index contributed by atoms with van der Waals surface area (Å²) in [7, 11) is 2.17. The first-order chi connectivity index (χ1) is 31.6. The van der Waals surface area contributed by atoms with Gasteiger partial charge in [-0.05, 0) is 138 Å². The van der Waals surface area contributed by atoms with Gasteiger partial charge in [-0.2, -0.15) is 0 Å². The molecule has 0 unspecified atom stereocenters. The van der Waals surface area contributed by atoms with E-state index in [4.69, 9.17) is 14.2 Å². The standard InChI is InChI=1S/C27H37N3O6S.C22H29N3O4S/c1-27(2,3)36-26(32)29(6)17-20-15-24(21-11-8-7-9-12-21)30(18-20)37(33,34)23-14-10-13-22(16-23)35-19-25(31)28(4)5;1-23-14-17-12-21(18-8-5-4-6-9-18)25(15-17)30(27,28)20-11-7-10-19(13-20)29-16-22(26)24(2)3/h10-11,13-16,18H,7-9,12,17,19H2,1-6H3;7-8,10-13,15,23H,4-6,9,14,16H2,1-3H3. The number of carbonyl (C=O) groups excluding carboxylic acids is 3. The van der Waals surface area contributed by atoms with Crippen LogP contribution in [0.3, 0.4) is 0 Å². The molecule has 2 heterocycles. The number of nitrogens with one attached hydrogen (secondary N) is 1. The predicted octanol–water partition coefficient (Wildman–Crippen LogP) is 7.39. The van der Waals surface area contributed by atoms with Crippen LogP contribution in [0, 0.1) is 0 Å². The fourth-order valence-electron chi connectivity index (χ4n) is 7.29. The lowest BCUT2D eigenvalue weighted by molar-refractivity contribution is -0.131. The van der Waals surface area contributed by atoms with Crippen molar-refractivity contribution >= 4 is 49.1 Å². The third kappa shape index (κ3) is 14.1. The summed E-state index contributed by atoms with van der Waals surface area (Å²) in [5.41, 5.74) is 4.27. The SMILES string of the molecule is CN(C)C(=O)COc1cccc(S(=O)(=O)n2cc(CN(C)C(=O)OC(C)(C)C)cc2C2=CCCCC2)c1.CNCc1cc(C2=CCCCC2)n(S(=O)(=O)c2cccc(OCC(=O)N(C)C)c2)c1. The zero-order valence-corrected chi connectivity index (χ0v) is 41.8. The van der Waals surface area contributed by atoms with Gasteiger partial charge in [0.15, 0.2) is 13.2 Å². The normalized spacial score (nSPS) is 14.2. The molecular formula is C49H66N6O10S2. The van der Waals surface area contributed by atoms with Crippen LogP contribution >= 0.6 is 0 Å². The van der Waals surface area contributed by atoms with E-state index in [2.05, 4.69) is 17.5 Å². The minimum Gasteiger partial charge on any atom is -0.484 e. The maximum atomic E-state index is 13.8. The van der Waals surface area contributed by atoms with Crippen molar-refractivity contribution in [3.05, 3.63) is 108 Å². The molecule has 1 N–H and O–H groups in total. The van der Waals surface area contributed by atoms with Gasteiger partial charge in [-0.25, -0.2) is 29.6 Å². The van der Waals surface area contributed by atoms with Crippen molar-refractivity contribution in [1.29, 1.82) is 0 Å². The zero-order chi connectivity index (χ0) is 49.1. The first-order valence-corrected chi connectivity index (χ1v) is 25.3. The van der Waals surface area contributed by atoms with Crippen LogP contribution < -0.4 is 14.8 Å². The first kappa shape index (κ1) is 52.1. The number of amides is 3. The second-order valence-corrected chi connectivity index (χ2v) is 21.6. The fraction of sp³-hybridized carbons (Fsp3) is 0.449. The number of benzene rings is 2. The van der Waals surface area contributed by atoms with Crippen molar-refractivity contribution in [3.8, 4) is 11.5 Å². The highest BCUT2D eigenvalue weighted by molar-refractivity contribution is 7.90. The highest BCUT2D eigenvalue weighted by Gasteiger charge is 2.27. The predicted molar refractivity (Wildman–Crippen MR) is 259 cm³/mol. The molecule has 2 aromatic heterocycles. The van der Waals surface area contributed by atoms with Crippen LogP contribution in [-0.4, -0.2) is 118 Å². The van der Waals surface area contributed by atoms with Crippen LogP contribution in [-0.2, 0) is 47.5 Å². The van der Waals surface area contributed by atoms with Gasteiger partial charge in [0.1, 0.15) is 17.1 Å². The number of hydrogen-bond donors (Lipinski definition) is 1. The minimum absolute atomic E-state index is 0.0441. The Morgan fingerprint density at radius 1 is 0.657 bits per heavy atom. The molecule has 0 atom stereocenters. The Hall–Kier alpha value is -5.85. The van der Waals surface area contributed by atoms with E-state index < -0.39 is 31.7 Å². The Morgan fingerprint density at radius 3 is 1.51 bits per heavy atom.